The summed E-state index contributed by atoms with van der Waals surface area (Å²) in [5, 5.41) is 8.87. The summed E-state index contributed by atoms with van der Waals surface area (Å²) < 4.78 is 0. The van der Waals surface area contributed by atoms with Crippen molar-refractivity contribution >= 4 is 28.9 Å². The number of rotatable bonds is 9. The highest BCUT2D eigenvalue weighted by molar-refractivity contribution is 5.94. The molecule has 0 bridgehead atoms. The average molecular weight is 437 g/mol. The summed E-state index contributed by atoms with van der Waals surface area (Å²) in [4.78, 5) is 27.0. The maximum Gasteiger partial charge on any atom is 0.319 e. The van der Waals surface area contributed by atoms with Crippen molar-refractivity contribution in [1.82, 2.24) is 10.2 Å². The molecule has 0 unspecified atom stereocenters. The van der Waals surface area contributed by atoms with Crippen LogP contribution in [0.2, 0.25) is 0 Å². The van der Waals surface area contributed by atoms with Gasteiger partial charge in [0.05, 0.1) is 12.1 Å². The predicted molar refractivity (Wildman–Crippen MR) is 134 cm³/mol. The monoisotopic (exact) mass is 436 g/mol. The molecule has 32 heavy (non-hydrogen) atoms. The zero-order valence-electron chi connectivity index (χ0n) is 20.1. The van der Waals surface area contributed by atoms with Gasteiger partial charge in [0, 0.05) is 11.4 Å². The zero-order chi connectivity index (χ0) is 23.9. The van der Waals surface area contributed by atoms with E-state index in [1.807, 2.05) is 77.9 Å². The lowest BCUT2D eigenvalue weighted by Gasteiger charge is -2.27. The number of carbonyl (C=O) groups excluding carboxylic acids is 2. The number of hydrogen-bond acceptors (Lipinski definition) is 3. The van der Waals surface area contributed by atoms with Gasteiger partial charge in [-0.3, -0.25) is 9.69 Å². The molecule has 0 radical (unpaired) electrons. The highest BCUT2D eigenvalue weighted by atomic mass is 16.2. The number of aryl methyl sites for hydroxylation is 1. The van der Waals surface area contributed by atoms with Crippen LogP contribution in [-0.4, -0.2) is 36.5 Å². The largest absolute Gasteiger partial charge is 0.329 e. The lowest BCUT2D eigenvalue weighted by atomic mass is 9.92. The molecular weight excluding hydrogens is 400 g/mol. The fourth-order valence-electron chi connectivity index (χ4n) is 3.41. The number of amides is 3. The molecule has 0 spiro atoms. The highest BCUT2D eigenvalue weighted by Crippen LogP contribution is 2.24. The van der Waals surface area contributed by atoms with Crippen molar-refractivity contribution in [2.24, 2.45) is 0 Å². The van der Waals surface area contributed by atoms with E-state index in [2.05, 4.69) is 27.4 Å². The van der Waals surface area contributed by atoms with E-state index < -0.39 is 5.54 Å². The molecule has 2 aromatic rings. The fraction of sp³-hybridized carbons (Fsp3) is 0.385. The first kappa shape index (κ1) is 25.1. The number of allylic oxidation sites excluding steroid dienone is 1. The molecule has 3 N–H and O–H groups in total. The van der Waals surface area contributed by atoms with Gasteiger partial charge in [-0.1, -0.05) is 44.2 Å². The molecule has 3 amide bonds. The molecule has 0 aliphatic carbocycles. The number of nitrogens with one attached hydrogen (secondary N) is 3. The third-order valence-electron chi connectivity index (χ3n) is 5.52. The number of likely N-dealkylation sites (N-methyl/N-ethyl adjacent to an activating group) is 1. The van der Waals surface area contributed by atoms with Gasteiger partial charge in [-0.05, 0) is 81.7 Å². The summed E-state index contributed by atoms with van der Waals surface area (Å²) in [5.41, 5.74) is 4.74. The Morgan fingerprint density at radius 3 is 2.31 bits per heavy atom. The standard InChI is InChI=1S/C26H36N4O2/c1-8-30(9-2)17-24(31)28-23-14-13-22(15-19(23)5)27-25(32)29-26(6,7)21-12-10-11-20(16-21)18(3)4/h10-16H,3,8-9,17H2,1-2,4-7H3,(H,28,31)(H2,27,29,32). The quantitative estimate of drug-likeness (QED) is 0.495. The Bertz CT molecular complexity index is 978. The number of hydrogen-bond donors (Lipinski definition) is 3. The molecule has 0 atom stereocenters. The van der Waals surface area contributed by atoms with Gasteiger partial charge in [0.2, 0.25) is 5.91 Å². The van der Waals surface area contributed by atoms with Gasteiger partial charge in [-0.15, -0.1) is 0 Å². The summed E-state index contributed by atoms with van der Waals surface area (Å²) in [5.74, 6) is -0.0472. The van der Waals surface area contributed by atoms with Gasteiger partial charge in [0.1, 0.15) is 0 Å². The Labute approximate surface area is 192 Å². The third kappa shape index (κ3) is 6.95. The Hall–Kier alpha value is -3.12. The summed E-state index contributed by atoms with van der Waals surface area (Å²) in [7, 11) is 0. The van der Waals surface area contributed by atoms with Crippen LogP contribution in [0.25, 0.3) is 5.57 Å². The minimum atomic E-state index is -0.567. The van der Waals surface area contributed by atoms with Crippen molar-refractivity contribution in [3.63, 3.8) is 0 Å². The number of urea groups is 1. The lowest BCUT2D eigenvalue weighted by molar-refractivity contribution is -0.117. The number of benzene rings is 2. The second kappa shape index (κ2) is 11.0. The van der Waals surface area contributed by atoms with Gasteiger partial charge in [0.15, 0.2) is 0 Å². The van der Waals surface area contributed by atoms with E-state index in [1.165, 1.54) is 0 Å². The first-order valence-corrected chi connectivity index (χ1v) is 11.0. The molecule has 0 heterocycles. The van der Waals surface area contributed by atoms with E-state index >= 15 is 0 Å². The van der Waals surface area contributed by atoms with Crippen molar-refractivity contribution < 1.29 is 9.59 Å². The molecule has 0 aromatic heterocycles. The van der Waals surface area contributed by atoms with Crippen LogP contribution in [0, 0.1) is 6.92 Å². The van der Waals surface area contributed by atoms with Gasteiger partial charge in [-0.25, -0.2) is 4.79 Å². The van der Waals surface area contributed by atoms with Crippen LogP contribution in [0.15, 0.2) is 49.0 Å². The zero-order valence-corrected chi connectivity index (χ0v) is 20.1. The van der Waals surface area contributed by atoms with E-state index in [1.54, 1.807) is 6.07 Å². The van der Waals surface area contributed by atoms with Crippen molar-refractivity contribution in [1.29, 1.82) is 0 Å². The van der Waals surface area contributed by atoms with Crippen molar-refractivity contribution in [3.8, 4) is 0 Å². The van der Waals surface area contributed by atoms with Gasteiger partial charge in [0.25, 0.3) is 0 Å². The molecule has 0 saturated carbocycles. The predicted octanol–water partition coefficient (Wildman–Crippen LogP) is 5.37. The first-order chi connectivity index (χ1) is 15.1. The second-order valence-corrected chi connectivity index (χ2v) is 8.60. The summed E-state index contributed by atoms with van der Waals surface area (Å²) >= 11 is 0. The van der Waals surface area contributed by atoms with E-state index in [-0.39, 0.29) is 11.9 Å². The Kier molecular flexibility index (Phi) is 8.61. The van der Waals surface area contributed by atoms with Crippen molar-refractivity contribution in [2.45, 2.75) is 47.1 Å². The molecule has 0 fully saturated rings. The Balaban J connectivity index is 2.02. The SMILES string of the molecule is C=C(C)c1cccc(C(C)(C)NC(=O)Nc2ccc(NC(=O)CN(CC)CC)c(C)c2)c1. The summed E-state index contributed by atoms with van der Waals surface area (Å²) in [6, 6.07) is 13.2. The molecule has 2 aromatic carbocycles. The topological polar surface area (TPSA) is 73.5 Å². The Morgan fingerprint density at radius 1 is 1.03 bits per heavy atom. The van der Waals surface area contributed by atoms with E-state index in [9.17, 15) is 9.59 Å². The molecule has 2 rings (SSSR count). The maximum atomic E-state index is 12.7. The number of nitrogens with zero attached hydrogens (tertiary/aromatic N) is 1. The molecule has 6 heteroatoms. The van der Waals surface area contributed by atoms with Gasteiger partial charge >= 0.3 is 6.03 Å². The smallest absolute Gasteiger partial charge is 0.319 e. The lowest BCUT2D eigenvalue weighted by Crippen LogP contribution is -2.43. The van der Waals surface area contributed by atoms with Crippen LogP contribution in [0.1, 0.15) is 51.3 Å². The van der Waals surface area contributed by atoms with E-state index in [0.29, 0.717) is 12.2 Å². The van der Waals surface area contributed by atoms with Gasteiger partial charge in [-0.2, -0.15) is 0 Å². The number of carbonyl (C=O) groups is 2. The van der Waals surface area contributed by atoms with Crippen molar-refractivity contribution in [2.75, 3.05) is 30.3 Å². The van der Waals surface area contributed by atoms with E-state index in [0.717, 1.165) is 41.0 Å². The minimum Gasteiger partial charge on any atom is -0.329 e. The van der Waals surface area contributed by atoms with Crippen LogP contribution >= 0.6 is 0 Å². The number of anilines is 2. The highest BCUT2D eigenvalue weighted by Gasteiger charge is 2.23. The van der Waals surface area contributed by atoms with Crippen LogP contribution in [-0.2, 0) is 10.3 Å². The molecule has 0 saturated heterocycles. The van der Waals surface area contributed by atoms with Crippen LogP contribution < -0.4 is 16.0 Å². The summed E-state index contributed by atoms with van der Waals surface area (Å²) in [6.07, 6.45) is 0. The molecule has 6 nitrogen and oxygen atoms in total. The van der Waals surface area contributed by atoms with Crippen LogP contribution in [0.4, 0.5) is 16.2 Å². The maximum absolute atomic E-state index is 12.7. The molecule has 172 valence electrons. The molecular formula is C26H36N4O2. The fourth-order valence-corrected chi connectivity index (χ4v) is 3.41. The minimum absolute atomic E-state index is 0.0472. The van der Waals surface area contributed by atoms with Crippen molar-refractivity contribution in [3.05, 3.63) is 65.7 Å². The first-order valence-electron chi connectivity index (χ1n) is 11.0. The molecule has 0 aliphatic rings. The van der Waals surface area contributed by atoms with Crippen LogP contribution in [0.5, 0.6) is 0 Å². The second-order valence-electron chi connectivity index (χ2n) is 8.60. The van der Waals surface area contributed by atoms with Crippen LogP contribution in [0.3, 0.4) is 0 Å². The van der Waals surface area contributed by atoms with E-state index in [4.69, 9.17) is 0 Å². The summed E-state index contributed by atoms with van der Waals surface area (Å²) in [6.45, 7) is 17.9. The average Bonchev–Trinajstić information content (AvgIpc) is 2.73. The molecule has 0 aliphatic heterocycles. The Morgan fingerprint density at radius 2 is 1.72 bits per heavy atom. The van der Waals surface area contributed by atoms with Gasteiger partial charge < -0.3 is 16.0 Å². The third-order valence-corrected chi connectivity index (χ3v) is 5.52. The normalized spacial score (nSPS) is 11.2.